The number of aromatic nitrogens is 1. The average molecular weight is 300 g/mol. The molecule has 2 aromatic rings. The van der Waals surface area contributed by atoms with E-state index in [2.05, 4.69) is 0 Å². The van der Waals surface area contributed by atoms with Crippen LogP contribution in [0.4, 0.5) is 17.6 Å². The van der Waals surface area contributed by atoms with Gasteiger partial charge in [-0.15, -0.1) is 0 Å². The van der Waals surface area contributed by atoms with Gasteiger partial charge in [-0.2, -0.15) is 13.2 Å². The number of hydrogen-bond donors (Lipinski definition) is 1. The van der Waals surface area contributed by atoms with Gasteiger partial charge in [0.25, 0.3) is 5.56 Å². The Kier molecular flexibility index (Phi) is 4.13. The number of benzene rings is 1. The number of pyridine rings is 1. The molecule has 1 aromatic carbocycles. The van der Waals surface area contributed by atoms with Gasteiger partial charge in [0.15, 0.2) is 0 Å². The molecule has 21 heavy (non-hydrogen) atoms. The van der Waals surface area contributed by atoms with Crippen LogP contribution in [0.25, 0.3) is 0 Å². The van der Waals surface area contributed by atoms with Gasteiger partial charge in [-0.05, 0) is 12.1 Å². The maximum Gasteiger partial charge on any atom is 0.431 e. The lowest BCUT2D eigenvalue weighted by molar-refractivity contribution is -0.144. The van der Waals surface area contributed by atoms with Gasteiger partial charge in [0, 0.05) is 18.2 Å². The normalized spacial score (nSPS) is 13.2. The van der Waals surface area contributed by atoms with Crippen molar-refractivity contribution in [3.8, 4) is 0 Å². The van der Waals surface area contributed by atoms with E-state index in [0.717, 1.165) is 24.3 Å². The van der Waals surface area contributed by atoms with E-state index in [0.29, 0.717) is 4.57 Å². The van der Waals surface area contributed by atoms with Gasteiger partial charge in [0.05, 0.1) is 6.04 Å². The second-order valence-corrected chi connectivity index (χ2v) is 4.49. The lowest BCUT2D eigenvalue weighted by atomic mass is 10.1. The second kappa shape index (κ2) is 5.69. The SMILES string of the molecule is NC(Cn1c(C(F)(F)F)cccc1=O)c1ccccc1F. The number of rotatable bonds is 3. The molecule has 2 rings (SSSR count). The van der Waals surface area contributed by atoms with Gasteiger partial charge < -0.3 is 10.3 Å². The number of nitrogens with zero attached hydrogens (tertiary/aromatic N) is 1. The summed E-state index contributed by atoms with van der Waals surface area (Å²) in [7, 11) is 0. The molecule has 7 heteroatoms. The van der Waals surface area contributed by atoms with Crippen molar-refractivity contribution >= 4 is 0 Å². The van der Waals surface area contributed by atoms with Gasteiger partial charge in [-0.1, -0.05) is 24.3 Å². The van der Waals surface area contributed by atoms with E-state index >= 15 is 0 Å². The molecule has 0 aliphatic rings. The molecule has 0 radical (unpaired) electrons. The first-order valence-electron chi connectivity index (χ1n) is 6.08. The van der Waals surface area contributed by atoms with Crippen molar-refractivity contribution in [1.29, 1.82) is 0 Å². The molecule has 1 unspecified atom stereocenters. The summed E-state index contributed by atoms with van der Waals surface area (Å²) in [4.78, 5) is 11.7. The van der Waals surface area contributed by atoms with Crippen LogP contribution in [0.3, 0.4) is 0 Å². The zero-order valence-electron chi connectivity index (χ0n) is 10.8. The lowest BCUT2D eigenvalue weighted by Gasteiger charge is -2.19. The number of halogens is 4. The molecule has 0 bridgehead atoms. The van der Waals surface area contributed by atoms with E-state index in [1.54, 1.807) is 0 Å². The van der Waals surface area contributed by atoms with E-state index in [1.807, 2.05) is 0 Å². The van der Waals surface area contributed by atoms with E-state index in [-0.39, 0.29) is 5.56 Å². The van der Waals surface area contributed by atoms with Crippen molar-refractivity contribution < 1.29 is 17.6 Å². The summed E-state index contributed by atoms with van der Waals surface area (Å²) >= 11 is 0. The fraction of sp³-hybridized carbons (Fsp3) is 0.214. The van der Waals surface area contributed by atoms with Crippen LogP contribution in [-0.2, 0) is 12.7 Å². The minimum atomic E-state index is -4.69. The fourth-order valence-corrected chi connectivity index (χ4v) is 2.03. The summed E-state index contributed by atoms with van der Waals surface area (Å²) in [6.07, 6.45) is -4.69. The van der Waals surface area contributed by atoms with Crippen LogP contribution in [-0.4, -0.2) is 4.57 Å². The minimum absolute atomic E-state index is 0.0568. The Morgan fingerprint density at radius 2 is 1.76 bits per heavy atom. The number of nitrogens with two attached hydrogens (primary N) is 1. The van der Waals surface area contributed by atoms with Crippen LogP contribution in [0.2, 0.25) is 0 Å². The summed E-state index contributed by atoms with van der Waals surface area (Å²) in [5.74, 6) is -0.623. The third-order valence-electron chi connectivity index (χ3n) is 3.02. The van der Waals surface area contributed by atoms with E-state index < -0.39 is 35.8 Å². The lowest BCUT2D eigenvalue weighted by Crippen LogP contribution is -2.31. The predicted molar refractivity (Wildman–Crippen MR) is 69.0 cm³/mol. The molecule has 1 heterocycles. The fourth-order valence-electron chi connectivity index (χ4n) is 2.03. The van der Waals surface area contributed by atoms with Crippen LogP contribution < -0.4 is 11.3 Å². The molecule has 0 saturated heterocycles. The number of alkyl halides is 3. The van der Waals surface area contributed by atoms with Crippen molar-refractivity contribution in [2.45, 2.75) is 18.8 Å². The first-order valence-corrected chi connectivity index (χ1v) is 6.08. The van der Waals surface area contributed by atoms with E-state index in [1.165, 1.54) is 18.2 Å². The molecule has 0 fully saturated rings. The quantitative estimate of drug-likeness (QED) is 0.886. The topological polar surface area (TPSA) is 48.0 Å². The molecule has 0 aliphatic carbocycles. The van der Waals surface area contributed by atoms with Crippen molar-refractivity contribution in [2.75, 3.05) is 0 Å². The van der Waals surface area contributed by atoms with Crippen molar-refractivity contribution in [1.82, 2.24) is 4.57 Å². The Balaban J connectivity index is 2.41. The van der Waals surface area contributed by atoms with Crippen molar-refractivity contribution in [3.05, 3.63) is 69.9 Å². The third kappa shape index (κ3) is 3.30. The molecule has 0 spiro atoms. The highest BCUT2D eigenvalue weighted by molar-refractivity contribution is 5.21. The Bertz CT molecular complexity index is 694. The average Bonchev–Trinajstić information content (AvgIpc) is 2.40. The minimum Gasteiger partial charge on any atom is -0.322 e. The van der Waals surface area contributed by atoms with Crippen LogP contribution in [0.5, 0.6) is 0 Å². The van der Waals surface area contributed by atoms with Gasteiger partial charge in [-0.3, -0.25) is 4.79 Å². The highest BCUT2D eigenvalue weighted by Gasteiger charge is 2.34. The maximum atomic E-state index is 13.6. The summed E-state index contributed by atoms with van der Waals surface area (Å²) in [6, 6.07) is 7.26. The van der Waals surface area contributed by atoms with Crippen LogP contribution in [0.15, 0.2) is 47.3 Å². The summed E-state index contributed by atoms with van der Waals surface area (Å²) in [5, 5.41) is 0. The predicted octanol–water partition coefficient (Wildman–Crippen LogP) is 2.71. The zero-order valence-corrected chi connectivity index (χ0v) is 10.8. The van der Waals surface area contributed by atoms with Crippen LogP contribution >= 0.6 is 0 Å². The summed E-state index contributed by atoms with van der Waals surface area (Å²) in [5.41, 5.74) is 3.85. The molecular weight excluding hydrogens is 288 g/mol. The molecule has 0 saturated carbocycles. The smallest absolute Gasteiger partial charge is 0.322 e. The monoisotopic (exact) mass is 300 g/mol. The van der Waals surface area contributed by atoms with Gasteiger partial charge in [0.1, 0.15) is 11.5 Å². The molecule has 0 aliphatic heterocycles. The molecule has 0 amide bonds. The zero-order chi connectivity index (χ0) is 15.6. The Hall–Kier alpha value is -2.15. The van der Waals surface area contributed by atoms with Gasteiger partial charge >= 0.3 is 6.18 Å². The molecule has 112 valence electrons. The summed E-state index contributed by atoms with van der Waals surface area (Å²) in [6.45, 7) is -0.463. The van der Waals surface area contributed by atoms with Gasteiger partial charge in [0.2, 0.25) is 0 Å². The first-order chi connectivity index (χ1) is 9.80. The Morgan fingerprint density at radius 1 is 1.10 bits per heavy atom. The maximum absolute atomic E-state index is 13.6. The van der Waals surface area contributed by atoms with Crippen LogP contribution in [0, 0.1) is 5.82 Å². The molecule has 2 N–H and O–H groups in total. The van der Waals surface area contributed by atoms with Crippen molar-refractivity contribution in [2.24, 2.45) is 5.73 Å². The first kappa shape index (κ1) is 15.2. The second-order valence-electron chi connectivity index (χ2n) is 4.49. The standard InChI is InChI=1S/C14H12F4N2O/c15-10-5-2-1-4-9(10)11(19)8-20-12(14(16,17)18)6-3-7-13(20)21/h1-7,11H,8,19H2. The Morgan fingerprint density at radius 3 is 2.38 bits per heavy atom. The van der Waals surface area contributed by atoms with Crippen LogP contribution in [0.1, 0.15) is 17.3 Å². The highest BCUT2D eigenvalue weighted by Crippen LogP contribution is 2.29. The molecular formula is C14H12F4N2O. The van der Waals surface area contributed by atoms with E-state index in [9.17, 15) is 22.4 Å². The molecule has 1 atom stereocenters. The third-order valence-corrected chi connectivity index (χ3v) is 3.02. The van der Waals surface area contributed by atoms with E-state index in [4.69, 9.17) is 5.73 Å². The largest absolute Gasteiger partial charge is 0.431 e. The Labute approximate surface area is 117 Å². The highest BCUT2D eigenvalue weighted by atomic mass is 19.4. The van der Waals surface area contributed by atoms with Gasteiger partial charge in [-0.25, -0.2) is 4.39 Å². The molecule has 1 aromatic heterocycles. The van der Waals surface area contributed by atoms with Crippen molar-refractivity contribution in [3.63, 3.8) is 0 Å². The molecule has 3 nitrogen and oxygen atoms in total. The summed E-state index contributed by atoms with van der Waals surface area (Å²) < 4.78 is 52.8. The number of hydrogen-bond acceptors (Lipinski definition) is 2.